The number of pyridine rings is 1. The van der Waals surface area contributed by atoms with Gasteiger partial charge in [-0.05, 0) is 23.8 Å². The van der Waals surface area contributed by atoms with Crippen LogP contribution in [0.4, 0.5) is 13.2 Å². The van der Waals surface area contributed by atoms with Gasteiger partial charge in [-0.3, -0.25) is 9.67 Å². The number of aromatic nitrogens is 5. The van der Waals surface area contributed by atoms with E-state index in [9.17, 15) is 13.2 Å². The molecule has 0 unspecified atom stereocenters. The van der Waals surface area contributed by atoms with Crippen LogP contribution in [0, 0.1) is 5.82 Å². The molecule has 0 atom stereocenters. The Morgan fingerprint density at radius 1 is 1.12 bits per heavy atom. The van der Waals surface area contributed by atoms with Crippen LogP contribution < -0.4 is 0 Å². The molecule has 4 rings (SSSR count). The fourth-order valence-corrected chi connectivity index (χ4v) is 2.52. The molecule has 0 bridgehead atoms. The van der Waals surface area contributed by atoms with Gasteiger partial charge in [0.05, 0.1) is 17.3 Å². The number of nitrogens with zero attached hydrogens (tertiary/aromatic N) is 5. The number of hydrogen-bond donors (Lipinski definition) is 0. The van der Waals surface area contributed by atoms with Crippen LogP contribution in [0.1, 0.15) is 17.9 Å². The van der Waals surface area contributed by atoms with Crippen LogP contribution in [0.2, 0.25) is 0 Å². The third-order valence-corrected chi connectivity index (χ3v) is 3.75. The maximum atomic E-state index is 13.5. The summed E-state index contributed by atoms with van der Waals surface area (Å²) in [7, 11) is 0. The fourth-order valence-electron chi connectivity index (χ4n) is 2.52. The highest BCUT2D eigenvalue weighted by Gasteiger charge is 2.15. The molecule has 0 radical (unpaired) electrons. The lowest BCUT2D eigenvalue weighted by Gasteiger charge is -2.07. The van der Waals surface area contributed by atoms with Gasteiger partial charge >= 0.3 is 0 Å². The Hall–Kier alpha value is -3.23. The van der Waals surface area contributed by atoms with Crippen molar-refractivity contribution in [2.45, 2.75) is 13.0 Å². The van der Waals surface area contributed by atoms with E-state index in [2.05, 4.69) is 20.3 Å². The molecule has 0 N–H and O–H groups in total. The van der Waals surface area contributed by atoms with Crippen LogP contribution in [0.5, 0.6) is 0 Å². The Balaban J connectivity index is 1.77. The van der Waals surface area contributed by atoms with E-state index >= 15 is 0 Å². The van der Waals surface area contributed by atoms with Gasteiger partial charge in [-0.1, -0.05) is 6.07 Å². The summed E-state index contributed by atoms with van der Waals surface area (Å²) >= 11 is 0. The standard InChI is InChI=1S/C16H10F3N5O/c17-12-2-1-9(3-11(12)16(18)19)10-4-14-13(20-5-10)6-22-24(14)7-15-23-21-8-25-15/h1-6,8,16H,7H2. The van der Waals surface area contributed by atoms with Crippen LogP contribution in [0.15, 0.2) is 47.5 Å². The molecule has 6 nitrogen and oxygen atoms in total. The molecule has 0 aliphatic heterocycles. The molecule has 0 spiro atoms. The Morgan fingerprint density at radius 3 is 2.76 bits per heavy atom. The van der Waals surface area contributed by atoms with Gasteiger partial charge in [-0.15, -0.1) is 10.2 Å². The zero-order valence-electron chi connectivity index (χ0n) is 12.6. The van der Waals surface area contributed by atoms with Crippen molar-refractivity contribution in [3.63, 3.8) is 0 Å². The minimum Gasteiger partial charge on any atom is -0.426 e. The first-order chi connectivity index (χ1) is 12.1. The van der Waals surface area contributed by atoms with Crippen LogP contribution in [0.25, 0.3) is 22.2 Å². The first kappa shape index (κ1) is 15.3. The van der Waals surface area contributed by atoms with Gasteiger partial charge in [0.15, 0.2) is 0 Å². The molecule has 126 valence electrons. The van der Waals surface area contributed by atoms with Gasteiger partial charge in [0.2, 0.25) is 12.3 Å². The summed E-state index contributed by atoms with van der Waals surface area (Å²) in [5.41, 5.74) is 1.66. The Morgan fingerprint density at radius 2 is 2.00 bits per heavy atom. The second kappa shape index (κ2) is 6.00. The van der Waals surface area contributed by atoms with Crippen LogP contribution in [-0.2, 0) is 6.54 Å². The van der Waals surface area contributed by atoms with Crippen LogP contribution in [-0.4, -0.2) is 25.0 Å². The third-order valence-electron chi connectivity index (χ3n) is 3.75. The van der Waals surface area contributed by atoms with Crippen molar-refractivity contribution >= 4 is 11.0 Å². The molecule has 3 aromatic heterocycles. The highest BCUT2D eigenvalue weighted by molar-refractivity contribution is 5.80. The molecule has 0 saturated heterocycles. The van der Waals surface area contributed by atoms with Gasteiger partial charge in [0.25, 0.3) is 6.43 Å². The Bertz CT molecular complexity index is 1030. The van der Waals surface area contributed by atoms with E-state index in [1.165, 1.54) is 18.7 Å². The fraction of sp³-hybridized carbons (Fsp3) is 0.125. The van der Waals surface area contributed by atoms with Crippen molar-refractivity contribution in [3.05, 3.63) is 60.3 Å². The van der Waals surface area contributed by atoms with Crippen molar-refractivity contribution in [2.75, 3.05) is 0 Å². The summed E-state index contributed by atoms with van der Waals surface area (Å²) in [6, 6.07) is 5.33. The van der Waals surface area contributed by atoms with Gasteiger partial charge < -0.3 is 4.42 Å². The molecule has 3 heterocycles. The highest BCUT2D eigenvalue weighted by atomic mass is 19.3. The smallest absolute Gasteiger partial charge is 0.266 e. The van der Waals surface area contributed by atoms with E-state index in [0.717, 1.165) is 12.1 Å². The Labute approximate surface area is 138 Å². The summed E-state index contributed by atoms with van der Waals surface area (Å²) < 4.78 is 46.0. The van der Waals surface area contributed by atoms with Crippen molar-refractivity contribution in [3.8, 4) is 11.1 Å². The first-order valence-electron chi connectivity index (χ1n) is 7.26. The quantitative estimate of drug-likeness (QED) is 0.565. The zero-order chi connectivity index (χ0) is 17.4. The van der Waals surface area contributed by atoms with Crippen molar-refractivity contribution in [2.24, 2.45) is 0 Å². The van der Waals surface area contributed by atoms with Crippen molar-refractivity contribution in [1.82, 2.24) is 25.0 Å². The summed E-state index contributed by atoms with van der Waals surface area (Å²) in [6.45, 7) is 0.250. The van der Waals surface area contributed by atoms with Gasteiger partial charge in [0, 0.05) is 11.8 Å². The van der Waals surface area contributed by atoms with Crippen LogP contribution in [0.3, 0.4) is 0 Å². The predicted octanol–water partition coefficient (Wildman–Crippen LogP) is 3.61. The van der Waals surface area contributed by atoms with E-state index in [4.69, 9.17) is 4.42 Å². The Kier molecular flexibility index (Phi) is 3.68. The van der Waals surface area contributed by atoms with Gasteiger partial charge in [-0.25, -0.2) is 13.2 Å². The topological polar surface area (TPSA) is 69.6 Å². The number of alkyl halides is 2. The monoisotopic (exact) mass is 345 g/mol. The molecule has 0 amide bonds. The molecule has 0 fully saturated rings. The average molecular weight is 345 g/mol. The molecule has 0 saturated carbocycles. The number of fused-ring (bicyclic) bond motifs is 1. The maximum Gasteiger partial charge on any atom is 0.266 e. The SMILES string of the molecule is Fc1ccc(-c2cnc3cnn(Cc4nnco4)c3c2)cc1C(F)F. The lowest BCUT2D eigenvalue weighted by molar-refractivity contribution is 0.146. The van der Waals surface area contributed by atoms with E-state index in [0.29, 0.717) is 28.1 Å². The van der Waals surface area contributed by atoms with Crippen molar-refractivity contribution < 1.29 is 17.6 Å². The maximum absolute atomic E-state index is 13.5. The minimum atomic E-state index is -2.89. The molecular formula is C16H10F3N5O. The first-order valence-corrected chi connectivity index (χ1v) is 7.26. The summed E-state index contributed by atoms with van der Waals surface area (Å²) in [6.07, 6.45) is 1.43. The molecule has 25 heavy (non-hydrogen) atoms. The molecule has 9 heteroatoms. The number of halogens is 3. The molecular weight excluding hydrogens is 335 g/mol. The average Bonchev–Trinajstić information content (AvgIpc) is 3.25. The molecule has 0 aliphatic rings. The van der Waals surface area contributed by atoms with Crippen LogP contribution >= 0.6 is 0 Å². The van der Waals surface area contributed by atoms with Gasteiger partial charge in [0.1, 0.15) is 17.9 Å². The number of benzene rings is 1. The lowest BCUT2D eigenvalue weighted by Crippen LogP contribution is -2.02. The summed E-state index contributed by atoms with van der Waals surface area (Å²) in [5, 5.41) is 11.6. The normalized spacial score (nSPS) is 11.5. The van der Waals surface area contributed by atoms with E-state index < -0.39 is 17.8 Å². The zero-order valence-corrected chi connectivity index (χ0v) is 12.6. The predicted molar refractivity (Wildman–Crippen MR) is 81.3 cm³/mol. The highest BCUT2D eigenvalue weighted by Crippen LogP contribution is 2.29. The second-order valence-corrected chi connectivity index (χ2v) is 5.30. The molecule has 1 aromatic carbocycles. The second-order valence-electron chi connectivity index (χ2n) is 5.30. The number of hydrogen-bond acceptors (Lipinski definition) is 5. The number of rotatable bonds is 4. The largest absolute Gasteiger partial charge is 0.426 e. The van der Waals surface area contributed by atoms with Crippen molar-refractivity contribution in [1.29, 1.82) is 0 Å². The van der Waals surface area contributed by atoms with E-state index in [1.54, 1.807) is 16.9 Å². The summed E-state index contributed by atoms with van der Waals surface area (Å²) in [5.74, 6) is -0.564. The molecule has 0 aliphatic carbocycles. The van der Waals surface area contributed by atoms with Gasteiger partial charge in [-0.2, -0.15) is 5.10 Å². The van der Waals surface area contributed by atoms with E-state index in [-0.39, 0.29) is 6.54 Å². The van der Waals surface area contributed by atoms with E-state index in [1.807, 2.05) is 0 Å². The summed E-state index contributed by atoms with van der Waals surface area (Å²) in [4.78, 5) is 4.27. The lowest BCUT2D eigenvalue weighted by atomic mass is 10.0. The minimum absolute atomic E-state index is 0.250. The molecule has 4 aromatic rings. The third kappa shape index (κ3) is 2.84.